The molecule has 1 aliphatic rings. The standard InChI is InChI=1S/C10H11ClN2O3/c11-7-16-13-6-5-12(10(14)15)8-3-1-2-4-9(8)13/h1-4H,5-7H2,(H,14,15). The summed E-state index contributed by atoms with van der Waals surface area (Å²) in [7, 11) is 0. The highest BCUT2D eigenvalue weighted by molar-refractivity contribution is 6.17. The molecule has 0 fully saturated rings. The maximum atomic E-state index is 11.0. The second-order valence-electron chi connectivity index (χ2n) is 3.26. The molecule has 0 saturated carbocycles. The predicted molar refractivity (Wildman–Crippen MR) is 61.0 cm³/mol. The van der Waals surface area contributed by atoms with E-state index >= 15 is 0 Å². The van der Waals surface area contributed by atoms with Crippen LogP contribution in [0.2, 0.25) is 0 Å². The maximum Gasteiger partial charge on any atom is 0.411 e. The molecule has 1 aromatic rings. The lowest BCUT2D eigenvalue weighted by Crippen LogP contribution is -2.43. The molecule has 1 aromatic carbocycles. The van der Waals surface area contributed by atoms with E-state index in [0.29, 0.717) is 18.8 Å². The van der Waals surface area contributed by atoms with Crippen molar-refractivity contribution in [3.63, 3.8) is 0 Å². The molecule has 0 bridgehead atoms. The number of amides is 1. The maximum absolute atomic E-state index is 11.0. The highest BCUT2D eigenvalue weighted by atomic mass is 35.5. The van der Waals surface area contributed by atoms with E-state index in [1.165, 1.54) is 4.90 Å². The highest BCUT2D eigenvalue weighted by Crippen LogP contribution is 2.32. The van der Waals surface area contributed by atoms with E-state index in [9.17, 15) is 4.79 Å². The van der Waals surface area contributed by atoms with Crippen molar-refractivity contribution in [1.29, 1.82) is 0 Å². The molecule has 0 spiro atoms. The number of nitrogens with zero attached hydrogens (tertiary/aromatic N) is 2. The van der Waals surface area contributed by atoms with Crippen molar-refractivity contribution >= 4 is 29.1 Å². The lowest BCUT2D eigenvalue weighted by molar-refractivity contribution is 0.146. The molecule has 0 atom stereocenters. The van der Waals surface area contributed by atoms with Crippen molar-refractivity contribution in [2.24, 2.45) is 0 Å². The van der Waals surface area contributed by atoms with Gasteiger partial charge >= 0.3 is 6.09 Å². The molecular formula is C10H11ClN2O3. The van der Waals surface area contributed by atoms with Crippen LogP contribution in [0.5, 0.6) is 0 Å². The third-order valence-electron chi connectivity index (χ3n) is 2.40. The molecule has 1 N–H and O–H groups in total. The zero-order chi connectivity index (χ0) is 11.5. The predicted octanol–water partition coefficient (Wildman–Crippen LogP) is 2.12. The molecule has 6 heteroatoms. The van der Waals surface area contributed by atoms with Crippen LogP contribution < -0.4 is 9.96 Å². The zero-order valence-corrected chi connectivity index (χ0v) is 9.22. The van der Waals surface area contributed by atoms with Crippen molar-refractivity contribution in [2.45, 2.75) is 0 Å². The fourth-order valence-corrected chi connectivity index (χ4v) is 1.84. The molecule has 0 saturated heterocycles. The van der Waals surface area contributed by atoms with Crippen LogP contribution in [0, 0.1) is 0 Å². The Labute approximate surface area is 97.7 Å². The first kappa shape index (κ1) is 11.0. The fraction of sp³-hybridized carbons (Fsp3) is 0.300. The van der Waals surface area contributed by atoms with Gasteiger partial charge in [0.15, 0.2) is 0 Å². The van der Waals surface area contributed by atoms with Gasteiger partial charge in [-0.05, 0) is 12.1 Å². The summed E-state index contributed by atoms with van der Waals surface area (Å²) in [6.07, 6.45) is -0.960. The number of halogens is 1. The van der Waals surface area contributed by atoms with Gasteiger partial charge in [0.05, 0.1) is 17.9 Å². The second-order valence-corrected chi connectivity index (χ2v) is 3.48. The summed E-state index contributed by atoms with van der Waals surface area (Å²) >= 11 is 5.51. The van der Waals surface area contributed by atoms with Crippen LogP contribution in [0.25, 0.3) is 0 Å². The summed E-state index contributed by atoms with van der Waals surface area (Å²) in [5.41, 5.74) is 1.34. The summed E-state index contributed by atoms with van der Waals surface area (Å²) in [5, 5.41) is 10.7. The first-order chi connectivity index (χ1) is 7.74. The smallest absolute Gasteiger partial charge is 0.411 e. The van der Waals surface area contributed by atoms with E-state index in [2.05, 4.69) is 0 Å². The van der Waals surface area contributed by atoms with Gasteiger partial charge in [-0.3, -0.25) is 9.74 Å². The minimum Gasteiger partial charge on any atom is -0.465 e. The van der Waals surface area contributed by atoms with Gasteiger partial charge < -0.3 is 5.11 Å². The third kappa shape index (κ3) is 1.91. The quantitative estimate of drug-likeness (QED) is 0.807. The van der Waals surface area contributed by atoms with Crippen LogP contribution >= 0.6 is 11.6 Å². The molecule has 1 amide bonds. The second kappa shape index (κ2) is 4.59. The lowest BCUT2D eigenvalue weighted by Gasteiger charge is -2.34. The van der Waals surface area contributed by atoms with E-state index in [1.807, 2.05) is 6.07 Å². The Morgan fingerprint density at radius 2 is 2.06 bits per heavy atom. The van der Waals surface area contributed by atoms with E-state index in [0.717, 1.165) is 5.69 Å². The van der Waals surface area contributed by atoms with E-state index in [-0.39, 0.29) is 6.07 Å². The highest BCUT2D eigenvalue weighted by Gasteiger charge is 2.26. The van der Waals surface area contributed by atoms with Gasteiger partial charge in [-0.1, -0.05) is 23.7 Å². The summed E-state index contributed by atoms with van der Waals surface area (Å²) in [5.74, 6) is 0. The van der Waals surface area contributed by atoms with Crippen molar-refractivity contribution in [1.82, 2.24) is 0 Å². The number of alkyl halides is 1. The average Bonchev–Trinajstić information content (AvgIpc) is 2.29. The summed E-state index contributed by atoms with van der Waals surface area (Å²) in [4.78, 5) is 17.5. The van der Waals surface area contributed by atoms with E-state index in [4.69, 9.17) is 21.5 Å². The normalized spacial score (nSPS) is 14.8. The zero-order valence-electron chi connectivity index (χ0n) is 8.47. The van der Waals surface area contributed by atoms with Gasteiger partial charge in [0.2, 0.25) is 0 Å². The third-order valence-corrected chi connectivity index (χ3v) is 2.50. The van der Waals surface area contributed by atoms with Gasteiger partial charge in [0, 0.05) is 6.54 Å². The molecule has 2 rings (SSSR count). The van der Waals surface area contributed by atoms with Crippen molar-refractivity contribution in [3.05, 3.63) is 24.3 Å². The number of rotatable bonds is 2. The Hall–Kier alpha value is -1.46. The van der Waals surface area contributed by atoms with Crippen molar-refractivity contribution in [2.75, 3.05) is 29.1 Å². The molecule has 0 aromatic heterocycles. The largest absolute Gasteiger partial charge is 0.465 e. The molecule has 0 aliphatic carbocycles. The summed E-state index contributed by atoms with van der Waals surface area (Å²) in [6, 6.07) is 7.21. The number of carboxylic acid groups (broad SMARTS) is 1. The molecule has 0 unspecified atom stereocenters. The number of hydrogen-bond donors (Lipinski definition) is 1. The number of hydrogen-bond acceptors (Lipinski definition) is 3. The molecule has 5 nitrogen and oxygen atoms in total. The number of hydroxylamine groups is 1. The number of carbonyl (C=O) groups is 1. The molecule has 1 aliphatic heterocycles. The molecular weight excluding hydrogens is 232 g/mol. The first-order valence-electron chi connectivity index (χ1n) is 4.80. The van der Waals surface area contributed by atoms with Gasteiger partial charge in [-0.25, -0.2) is 9.86 Å². The van der Waals surface area contributed by atoms with Crippen LogP contribution in [0.15, 0.2) is 24.3 Å². The summed E-state index contributed by atoms with van der Waals surface area (Å²) < 4.78 is 0. The Morgan fingerprint density at radius 1 is 1.38 bits per heavy atom. The Bertz CT molecular complexity index is 399. The monoisotopic (exact) mass is 242 g/mol. The summed E-state index contributed by atoms with van der Waals surface area (Å²) in [6.45, 7) is 0.833. The topological polar surface area (TPSA) is 53.0 Å². The number of anilines is 2. The van der Waals surface area contributed by atoms with Crippen molar-refractivity contribution in [3.8, 4) is 0 Å². The van der Waals surface area contributed by atoms with Crippen molar-refractivity contribution < 1.29 is 14.7 Å². The Kier molecular flexibility index (Phi) is 3.17. The van der Waals surface area contributed by atoms with Gasteiger partial charge in [-0.15, -0.1) is 0 Å². The SMILES string of the molecule is O=C(O)N1CCN(OCCl)c2ccccc21. The molecule has 16 heavy (non-hydrogen) atoms. The Balaban J connectivity index is 2.36. The van der Waals surface area contributed by atoms with E-state index in [1.54, 1.807) is 23.3 Å². The fourth-order valence-electron chi connectivity index (χ4n) is 1.73. The van der Waals surface area contributed by atoms with Gasteiger partial charge in [0.25, 0.3) is 0 Å². The average molecular weight is 243 g/mol. The molecule has 0 radical (unpaired) electrons. The molecule has 1 heterocycles. The minimum absolute atomic E-state index is 0.0431. The van der Waals surface area contributed by atoms with Crippen LogP contribution in [0.3, 0.4) is 0 Å². The number of para-hydroxylation sites is 2. The van der Waals surface area contributed by atoms with Gasteiger partial charge in [-0.2, -0.15) is 0 Å². The number of fused-ring (bicyclic) bond motifs is 1. The van der Waals surface area contributed by atoms with Crippen LogP contribution in [-0.2, 0) is 4.84 Å². The van der Waals surface area contributed by atoms with Crippen LogP contribution in [0.1, 0.15) is 0 Å². The first-order valence-corrected chi connectivity index (χ1v) is 5.33. The van der Waals surface area contributed by atoms with Crippen LogP contribution in [0.4, 0.5) is 16.2 Å². The van der Waals surface area contributed by atoms with Crippen LogP contribution in [-0.4, -0.2) is 30.4 Å². The Morgan fingerprint density at radius 3 is 2.69 bits per heavy atom. The molecule has 86 valence electrons. The lowest BCUT2D eigenvalue weighted by atomic mass is 10.2. The van der Waals surface area contributed by atoms with E-state index < -0.39 is 6.09 Å². The van der Waals surface area contributed by atoms with Gasteiger partial charge in [0.1, 0.15) is 6.07 Å². The minimum atomic E-state index is -0.960. The number of benzene rings is 1.